The Bertz CT molecular complexity index is 971. The van der Waals surface area contributed by atoms with Crippen molar-refractivity contribution in [3.8, 4) is 5.75 Å². The molecule has 1 aliphatic heterocycles. The second-order valence-corrected chi connectivity index (χ2v) is 8.92. The van der Waals surface area contributed by atoms with Crippen molar-refractivity contribution in [1.82, 2.24) is 10.2 Å². The second-order valence-electron chi connectivity index (χ2n) is 8.52. The molecular formula is C26H33N3O3S. The third-order valence-corrected chi connectivity index (χ3v) is 6.01. The summed E-state index contributed by atoms with van der Waals surface area (Å²) in [5, 5.41) is 5.89. The number of carbonyl (C=O) groups is 2. The van der Waals surface area contributed by atoms with E-state index in [4.69, 9.17) is 17.0 Å². The van der Waals surface area contributed by atoms with Gasteiger partial charge in [-0.1, -0.05) is 44.9 Å². The van der Waals surface area contributed by atoms with Crippen LogP contribution in [0.1, 0.15) is 66.7 Å². The third kappa shape index (κ3) is 7.29. The average Bonchev–Trinajstić information content (AvgIpc) is 2.82. The summed E-state index contributed by atoms with van der Waals surface area (Å²) >= 11 is 5.35. The number of thiocarbonyl (C=S) groups is 1. The van der Waals surface area contributed by atoms with Crippen LogP contribution in [0.5, 0.6) is 5.75 Å². The number of amides is 2. The smallest absolute Gasteiger partial charge is 0.261 e. The Morgan fingerprint density at radius 3 is 2.61 bits per heavy atom. The molecule has 0 aliphatic carbocycles. The SMILES string of the molecule is CCCCCOc1ccccc1C(=O)NC(=S)Nc1cccc(C(=O)N2CCC(C)CC2)c1. The van der Waals surface area contributed by atoms with Crippen molar-refractivity contribution in [1.29, 1.82) is 0 Å². The molecular weight excluding hydrogens is 434 g/mol. The number of nitrogens with one attached hydrogen (secondary N) is 2. The van der Waals surface area contributed by atoms with Gasteiger partial charge in [0, 0.05) is 24.3 Å². The van der Waals surface area contributed by atoms with Crippen molar-refractivity contribution < 1.29 is 14.3 Å². The lowest BCUT2D eigenvalue weighted by atomic mass is 9.98. The van der Waals surface area contributed by atoms with Gasteiger partial charge in [0.2, 0.25) is 0 Å². The van der Waals surface area contributed by atoms with E-state index in [-0.39, 0.29) is 16.9 Å². The number of carbonyl (C=O) groups excluding carboxylic acids is 2. The van der Waals surface area contributed by atoms with E-state index in [1.165, 1.54) is 0 Å². The van der Waals surface area contributed by atoms with Crippen LogP contribution in [0.2, 0.25) is 0 Å². The van der Waals surface area contributed by atoms with E-state index in [0.717, 1.165) is 45.2 Å². The standard InChI is InChI=1S/C26H33N3O3S/c1-3-4-7-17-32-23-12-6-5-11-22(23)24(30)28-26(33)27-21-10-8-9-20(18-21)25(31)29-15-13-19(2)14-16-29/h5-6,8-12,18-19H,3-4,7,13-17H2,1-2H3,(H2,27,28,30,33). The quantitative estimate of drug-likeness (QED) is 0.410. The predicted molar refractivity (Wildman–Crippen MR) is 136 cm³/mol. The van der Waals surface area contributed by atoms with E-state index < -0.39 is 0 Å². The van der Waals surface area contributed by atoms with Crippen LogP contribution in [-0.4, -0.2) is 41.5 Å². The Morgan fingerprint density at radius 1 is 1.09 bits per heavy atom. The Hall–Kier alpha value is -2.93. The lowest BCUT2D eigenvalue weighted by Gasteiger charge is -2.30. The number of rotatable bonds is 8. The van der Waals surface area contributed by atoms with Crippen LogP contribution < -0.4 is 15.4 Å². The Labute approximate surface area is 201 Å². The number of hydrogen-bond donors (Lipinski definition) is 2. The summed E-state index contributed by atoms with van der Waals surface area (Å²) < 4.78 is 5.80. The molecule has 176 valence electrons. The molecule has 6 nitrogen and oxygen atoms in total. The summed E-state index contributed by atoms with van der Waals surface area (Å²) in [6.45, 7) is 6.49. The molecule has 0 spiro atoms. The van der Waals surface area contributed by atoms with E-state index in [1.54, 1.807) is 30.3 Å². The number of unbranched alkanes of at least 4 members (excludes halogenated alkanes) is 2. The maximum Gasteiger partial charge on any atom is 0.261 e. The molecule has 0 aromatic heterocycles. The van der Waals surface area contributed by atoms with Crippen molar-refractivity contribution in [3.63, 3.8) is 0 Å². The number of likely N-dealkylation sites (tertiary alicyclic amines) is 1. The highest BCUT2D eigenvalue weighted by molar-refractivity contribution is 7.80. The van der Waals surface area contributed by atoms with Crippen LogP contribution in [0, 0.1) is 5.92 Å². The summed E-state index contributed by atoms with van der Waals surface area (Å²) in [5.74, 6) is 0.884. The molecule has 1 fully saturated rings. The lowest BCUT2D eigenvalue weighted by Crippen LogP contribution is -2.38. The molecule has 1 saturated heterocycles. The molecule has 2 aromatic carbocycles. The minimum Gasteiger partial charge on any atom is -0.493 e. The molecule has 2 aromatic rings. The van der Waals surface area contributed by atoms with E-state index in [0.29, 0.717) is 35.1 Å². The third-order valence-electron chi connectivity index (χ3n) is 5.80. The van der Waals surface area contributed by atoms with Crippen LogP contribution >= 0.6 is 12.2 Å². The topological polar surface area (TPSA) is 70.7 Å². The van der Waals surface area contributed by atoms with Crippen molar-refractivity contribution in [2.24, 2.45) is 5.92 Å². The van der Waals surface area contributed by atoms with Gasteiger partial charge < -0.3 is 15.0 Å². The highest BCUT2D eigenvalue weighted by Crippen LogP contribution is 2.20. The maximum atomic E-state index is 12.9. The molecule has 7 heteroatoms. The molecule has 0 unspecified atom stereocenters. The van der Waals surface area contributed by atoms with Crippen LogP contribution in [0.15, 0.2) is 48.5 Å². The van der Waals surface area contributed by atoms with Gasteiger partial charge in [0.05, 0.1) is 12.2 Å². The molecule has 33 heavy (non-hydrogen) atoms. The minimum atomic E-state index is -0.340. The van der Waals surface area contributed by atoms with Gasteiger partial charge in [-0.3, -0.25) is 14.9 Å². The zero-order valence-electron chi connectivity index (χ0n) is 19.4. The predicted octanol–water partition coefficient (Wildman–Crippen LogP) is 5.25. The van der Waals surface area contributed by atoms with Crippen molar-refractivity contribution in [2.75, 3.05) is 25.0 Å². The molecule has 1 aliphatic rings. The fourth-order valence-electron chi connectivity index (χ4n) is 3.77. The average molecular weight is 468 g/mol. The van der Waals surface area contributed by atoms with Crippen LogP contribution in [0.3, 0.4) is 0 Å². The highest BCUT2D eigenvalue weighted by Gasteiger charge is 2.21. The number of benzene rings is 2. The number of nitrogens with zero attached hydrogens (tertiary/aromatic N) is 1. The van der Waals surface area contributed by atoms with E-state index in [2.05, 4.69) is 24.5 Å². The van der Waals surface area contributed by atoms with Gasteiger partial charge in [-0.15, -0.1) is 0 Å². The first-order valence-electron chi connectivity index (χ1n) is 11.7. The number of ether oxygens (including phenoxy) is 1. The van der Waals surface area contributed by atoms with Gasteiger partial charge in [0.15, 0.2) is 5.11 Å². The number of para-hydroxylation sites is 1. The first kappa shape index (κ1) is 24.7. The lowest BCUT2D eigenvalue weighted by molar-refractivity contribution is 0.0697. The normalized spacial score (nSPS) is 13.9. The summed E-state index contributed by atoms with van der Waals surface area (Å²) in [7, 11) is 0. The molecule has 0 bridgehead atoms. The van der Waals surface area contributed by atoms with Crippen LogP contribution in [0.25, 0.3) is 0 Å². The number of hydrogen-bond acceptors (Lipinski definition) is 4. The van der Waals surface area contributed by atoms with Crippen LogP contribution in [-0.2, 0) is 0 Å². The zero-order valence-corrected chi connectivity index (χ0v) is 20.2. The van der Waals surface area contributed by atoms with Gasteiger partial charge >= 0.3 is 0 Å². The van der Waals surface area contributed by atoms with Gasteiger partial charge in [-0.2, -0.15) is 0 Å². The fraction of sp³-hybridized carbons (Fsp3) is 0.423. The minimum absolute atomic E-state index is 0.0228. The molecule has 2 N–H and O–H groups in total. The maximum absolute atomic E-state index is 12.9. The van der Waals surface area contributed by atoms with Gasteiger partial charge in [-0.05, 0) is 67.7 Å². The van der Waals surface area contributed by atoms with Gasteiger partial charge in [0.25, 0.3) is 11.8 Å². The van der Waals surface area contributed by atoms with Crippen LogP contribution in [0.4, 0.5) is 5.69 Å². The van der Waals surface area contributed by atoms with Gasteiger partial charge in [-0.25, -0.2) is 0 Å². The number of piperidine rings is 1. The molecule has 3 rings (SSSR count). The Morgan fingerprint density at radius 2 is 1.85 bits per heavy atom. The zero-order chi connectivity index (χ0) is 23.6. The van der Waals surface area contributed by atoms with Crippen molar-refractivity contribution in [3.05, 3.63) is 59.7 Å². The summed E-state index contributed by atoms with van der Waals surface area (Å²) in [6.07, 6.45) is 5.20. The Kier molecular flexibility index (Phi) is 9.24. The summed E-state index contributed by atoms with van der Waals surface area (Å²) in [4.78, 5) is 27.5. The second kappa shape index (κ2) is 12.3. The monoisotopic (exact) mass is 467 g/mol. The van der Waals surface area contributed by atoms with Crippen molar-refractivity contribution in [2.45, 2.75) is 46.0 Å². The van der Waals surface area contributed by atoms with Gasteiger partial charge in [0.1, 0.15) is 5.75 Å². The van der Waals surface area contributed by atoms with E-state index in [9.17, 15) is 9.59 Å². The number of anilines is 1. The highest BCUT2D eigenvalue weighted by atomic mass is 32.1. The largest absolute Gasteiger partial charge is 0.493 e. The fourth-order valence-corrected chi connectivity index (χ4v) is 3.98. The summed E-state index contributed by atoms with van der Waals surface area (Å²) in [5.41, 5.74) is 1.69. The first-order valence-corrected chi connectivity index (χ1v) is 12.1. The first-order chi connectivity index (χ1) is 16.0. The molecule has 0 atom stereocenters. The molecule has 0 saturated carbocycles. The van der Waals surface area contributed by atoms with E-state index >= 15 is 0 Å². The summed E-state index contributed by atoms with van der Waals surface area (Å²) in [6, 6.07) is 14.3. The van der Waals surface area contributed by atoms with Crippen molar-refractivity contribution >= 4 is 34.8 Å². The Balaban J connectivity index is 1.58. The molecule has 2 amide bonds. The molecule has 1 heterocycles. The van der Waals surface area contributed by atoms with E-state index in [1.807, 2.05) is 23.1 Å². The molecule has 0 radical (unpaired) electrons.